The minimum absolute atomic E-state index is 0.213. The molecule has 1 heterocycles. The van der Waals surface area contributed by atoms with Gasteiger partial charge in [0, 0.05) is 31.7 Å². The largest absolute Gasteiger partial charge is 0.380 e. The summed E-state index contributed by atoms with van der Waals surface area (Å²) in [4.78, 5) is 2.39. The van der Waals surface area contributed by atoms with Crippen LogP contribution in [0.4, 0.5) is 14.5 Å². The fourth-order valence-electron chi connectivity index (χ4n) is 2.55. The van der Waals surface area contributed by atoms with Crippen LogP contribution in [0.25, 0.3) is 0 Å². The molecule has 1 aromatic rings. The summed E-state index contributed by atoms with van der Waals surface area (Å²) in [7, 11) is 0. The Bertz CT molecular complexity index is 514. The van der Waals surface area contributed by atoms with Crippen LogP contribution in [0.15, 0.2) is 23.8 Å². The number of rotatable bonds is 4. The normalized spacial score (nSPS) is 16.8. The van der Waals surface area contributed by atoms with Crippen LogP contribution in [-0.4, -0.2) is 30.6 Å². The van der Waals surface area contributed by atoms with E-state index in [2.05, 4.69) is 30.1 Å². The summed E-state index contributed by atoms with van der Waals surface area (Å²) in [6, 6.07) is 2.73. The quantitative estimate of drug-likeness (QED) is 0.841. The molecule has 4 heteroatoms. The van der Waals surface area contributed by atoms with Crippen molar-refractivity contribution in [2.45, 2.75) is 39.7 Å². The van der Waals surface area contributed by atoms with Crippen LogP contribution < -0.4 is 5.32 Å². The first-order chi connectivity index (χ1) is 9.95. The Morgan fingerprint density at radius 1 is 1.24 bits per heavy atom. The molecular weight excluding hydrogens is 270 g/mol. The lowest BCUT2D eigenvalue weighted by molar-refractivity contribution is 0.239. The highest BCUT2D eigenvalue weighted by Gasteiger charge is 2.19. The summed E-state index contributed by atoms with van der Waals surface area (Å²) in [6.45, 7) is 8.72. The van der Waals surface area contributed by atoms with Crippen molar-refractivity contribution in [3.63, 3.8) is 0 Å². The van der Waals surface area contributed by atoms with Gasteiger partial charge < -0.3 is 5.32 Å². The van der Waals surface area contributed by atoms with Crippen LogP contribution in [0, 0.1) is 18.6 Å². The van der Waals surface area contributed by atoms with Gasteiger partial charge in [-0.15, -0.1) is 0 Å². The minimum atomic E-state index is -0.374. The fourth-order valence-corrected chi connectivity index (χ4v) is 2.55. The van der Waals surface area contributed by atoms with Crippen molar-refractivity contribution in [2.75, 3.05) is 25.0 Å². The van der Waals surface area contributed by atoms with Gasteiger partial charge in [-0.2, -0.15) is 0 Å². The summed E-state index contributed by atoms with van der Waals surface area (Å²) in [5, 5.41) is 3.15. The maximum Gasteiger partial charge on any atom is 0.146 e. The lowest BCUT2D eigenvalue weighted by atomic mass is 10.0. The van der Waals surface area contributed by atoms with Crippen LogP contribution in [-0.2, 0) is 0 Å². The van der Waals surface area contributed by atoms with Gasteiger partial charge in [-0.3, -0.25) is 4.90 Å². The number of likely N-dealkylation sites (tertiary alicyclic amines) is 1. The van der Waals surface area contributed by atoms with E-state index in [1.54, 1.807) is 6.92 Å². The van der Waals surface area contributed by atoms with Gasteiger partial charge in [-0.25, -0.2) is 8.78 Å². The Morgan fingerprint density at radius 3 is 2.52 bits per heavy atom. The first-order valence-corrected chi connectivity index (χ1v) is 7.53. The predicted molar refractivity (Wildman–Crippen MR) is 83.6 cm³/mol. The van der Waals surface area contributed by atoms with Crippen LogP contribution in [0.3, 0.4) is 0 Å². The van der Waals surface area contributed by atoms with Gasteiger partial charge in [-0.05, 0) is 45.2 Å². The first kappa shape index (κ1) is 16.0. The zero-order chi connectivity index (χ0) is 15.4. The van der Waals surface area contributed by atoms with E-state index >= 15 is 0 Å². The molecule has 0 spiro atoms. The Kier molecular flexibility index (Phi) is 5.34. The van der Waals surface area contributed by atoms with Crippen molar-refractivity contribution in [1.29, 1.82) is 0 Å². The molecule has 0 aromatic heterocycles. The third-order valence-corrected chi connectivity index (χ3v) is 3.95. The number of piperidine rings is 1. The van der Waals surface area contributed by atoms with Gasteiger partial charge >= 0.3 is 0 Å². The summed E-state index contributed by atoms with van der Waals surface area (Å²) in [5.74, 6) is -0.735. The Labute approximate surface area is 125 Å². The molecule has 21 heavy (non-hydrogen) atoms. The van der Waals surface area contributed by atoms with E-state index in [0.29, 0.717) is 5.56 Å². The Balaban J connectivity index is 1.89. The van der Waals surface area contributed by atoms with Gasteiger partial charge in [0.05, 0.1) is 5.69 Å². The van der Waals surface area contributed by atoms with E-state index in [1.165, 1.54) is 17.7 Å². The number of hydrogen-bond donors (Lipinski definition) is 1. The number of nitrogens with zero attached hydrogens (tertiary/aromatic N) is 1. The highest BCUT2D eigenvalue weighted by molar-refractivity contribution is 5.47. The lowest BCUT2D eigenvalue weighted by Gasteiger charge is -2.32. The molecule has 0 atom stereocenters. The molecule has 0 unspecified atom stereocenters. The molecule has 116 valence electrons. The first-order valence-electron chi connectivity index (χ1n) is 7.53. The minimum Gasteiger partial charge on any atom is -0.380 e. The zero-order valence-electron chi connectivity index (χ0n) is 13.0. The second kappa shape index (κ2) is 7.03. The molecule has 0 saturated carbocycles. The van der Waals surface area contributed by atoms with Crippen LogP contribution >= 0.6 is 0 Å². The van der Waals surface area contributed by atoms with E-state index in [9.17, 15) is 8.78 Å². The second-order valence-corrected chi connectivity index (χ2v) is 6.08. The van der Waals surface area contributed by atoms with Gasteiger partial charge in [0.15, 0.2) is 0 Å². The summed E-state index contributed by atoms with van der Waals surface area (Å²) < 4.78 is 27.4. The SMILES string of the molecule is CC(C)=CCN1CCC(Nc2cc(F)c(C)cc2F)CC1. The third kappa shape index (κ3) is 4.53. The molecule has 1 aliphatic rings. The average Bonchev–Trinajstić information content (AvgIpc) is 2.44. The highest BCUT2D eigenvalue weighted by atomic mass is 19.1. The van der Waals surface area contributed by atoms with Crippen LogP contribution in [0.2, 0.25) is 0 Å². The molecule has 1 saturated heterocycles. The summed E-state index contributed by atoms with van der Waals surface area (Å²) in [6.07, 6.45) is 4.12. The monoisotopic (exact) mass is 294 g/mol. The summed E-state index contributed by atoms with van der Waals surface area (Å²) in [5.41, 5.74) is 1.95. The third-order valence-electron chi connectivity index (χ3n) is 3.95. The topological polar surface area (TPSA) is 15.3 Å². The number of nitrogens with one attached hydrogen (secondary N) is 1. The standard InChI is InChI=1S/C17H24F2N2/c1-12(2)4-7-21-8-5-14(6-9-21)20-17-11-15(18)13(3)10-16(17)19/h4,10-11,14,20H,5-9H2,1-3H3. The molecular formula is C17H24F2N2. The number of hydrogen-bond acceptors (Lipinski definition) is 2. The number of aryl methyl sites for hydroxylation is 1. The van der Waals surface area contributed by atoms with E-state index in [4.69, 9.17) is 0 Å². The van der Waals surface area contributed by atoms with E-state index < -0.39 is 0 Å². The maximum absolute atomic E-state index is 13.8. The van der Waals surface area contributed by atoms with Crippen LogP contribution in [0.5, 0.6) is 0 Å². The van der Waals surface area contributed by atoms with Gasteiger partial charge in [0.25, 0.3) is 0 Å². The smallest absolute Gasteiger partial charge is 0.146 e. The second-order valence-electron chi connectivity index (χ2n) is 6.08. The van der Waals surface area contributed by atoms with E-state index in [1.807, 2.05) is 0 Å². The molecule has 1 fully saturated rings. The van der Waals surface area contributed by atoms with Crippen molar-refractivity contribution >= 4 is 5.69 Å². The van der Waals surface area contributed by atoms with Gasteiger partial charge in [0.1, 0.15) is 11.6 Å². The van der Waals surface area contributed by atoms with Crippen LogP contribution in [0.1, 0.15) is 32.3 Å². The van der Waals surface area contributed by atoms with E-state index in [-0.39, 0.29) is 23.4 Å². The van der Waals surface area contributed by atoms with Crippen molar-refractivity contribution in [3.8, 4) is 0 Å². The zero-order valence-corrected chi connectivity index (χ0v) is 13.0. The predicted octanol–water partition coefficient (Wildman–Crippen LogP) is 4.12. The van der Waals surface area contributed by atoms with Crippen molar-refractivity contribution in [3.05, 3.63) is 41.0 Å². The van der Waals surface area contributed by atoms with Crippen molar-refractivity contribution in [1.82, 2.24) is 4.90 Å². The molecule has 0 bridgehead atoms. The average molecular weight is 294 g/mol. The Morgan fingerprint density at radius 2 is 1.90 bits per heavy atom. The molecule has 0 aliphatic carbocycles. The fraction of sp³-hybridized carbons (Fsp3) is 0.529. The number of anilines is 1. The number of allylic oxidation sites excluding steroid dienone is 1. The molecule has 0 radical (unpaired) electrons. The van der Waals surface area contributed by atoms with Crippen molar-refractivity contribution < 1.29 is 8.78 Å². The highest BCUT2D eigenvalue weighted by Crippen LogP contribution is 2.22. The number of halogens is 2. The lowest BCUT2D eigenvalue weighted by Crippen LogP contribution is -2.39. The Hall–Kier alpha value is -1.42. The maximum atomic E-state index is 13.8. The van der Waals surface area contributed by atoms with Crippen molar-refractivity contribution in [2.24, 2.45) is 0 Å². The van der Waals surface area contributed by atoms with E-state index in [0.717, 1.165) is 32.5 Å². The summed E-state index contributed by atoms with van der Waals surface area (Å²) >= 11 is 0. The van der Waals surface area contributed by atoms with Gasteiger partial charge in [-0.1, -0.05) is 11.6 Å². The number of benzene rings is 1. The molecule has 1 N–H and O–H groups in total. The molecule has 1 aliphatic heterocycles. The molecule has 2 rings (SSSR count). The molecule has 0 amide bonds. The van der Waals surface area contributed by atoms with Gasteiger partial charge in [0.2, 0.25) is 0 Å². The molecule has 1 aromatic carbocycles. The molecule has 2 nitrogen and oxygen atoms in total.